The van der Waals surface area contributed by atoms with Crippen LogP contribution in [0.25, 0.3) is 0 Å². The molecule has 2 saturated carbocycles. The van der Waals surface area contributed by atoms with Crippen LogP contribution in [0.1, 0.15) is 46.5 Å². The normalized spacial score (nSPS) is 39.9. The van der Waals surface area contributed by atoms with Crippen LogP contribution in [0.15, 0.2) is 0 Å². The van der Waals surface area contributed by atoms with E-state index in [0.29, 0.717) is 25.9 Å². The van der Waals surface area contributed by atoms with E-state index in [9.17, 15) is 24.0 Å². The van der Waals surface area contributed by atoms with Crippen LogP contribution in [0, 0.1) is 28.6 Å². The predicted molar refractivity (Wildman–Crippen MR) is 122 cm³/mol. The highest BCUT2D eigenvalue weighted by Gasteiger charge is 2.68. The third-order valence-corrected chi connectivity index (χ3v) is 9.44. The Balaban J connectivity index is 1.72. The van der Waals surface area contributed by atoms with Gasteiger partial charge in [0.05, 0.1) is 18.9 Å². The summed E-state index contributed by atoms with van der Waals surface area (Å²) in [5, 5.41) is 0. The van der Waals surface area contributed by atoms with Gasteiger partial charge in [-0.3, -0.25) is 24.0 Å². The molecule has 2 saturated heterocycles. The Bertz CT molecular complexity index is 901. The van der Waals surface area contributed by atoms with E-state index in [1.807, 2.05) is 13.8 Å². The van der Waals surface area contributed by atoms with Crippen LogP contribution >= 0.6 is 11.8 Å². The van der Waals surface area contributed by atoms with Crippen LogP contribution in [0.4, 0.5) is 0 Å². The highest BCUT2D eigenvalue weighted by Crippen LogP contribution is 2.64. The summed E-state index contributed by atoms with van der Waals surface area (Å²) in [6.07, 6.45) is -0.926. The second-order valence-electron chi connectivity index (χ2n) is 10.4. The quantitative estimate of drug-likeness (QED) is 0.425. The summed E-state index contributed by atoms with van der Waals surface area (Å²) >= 11 is 1.77. The molecule has 0 spiro atoms. The highest BCUT2D eigenvalue weighted by molar-refractivity contribution is 7.99. The number of hydrogen-bond donors (Lipinski definition) is 0. The molecular weight excluding hydrogens is 462 g/mol. The molecule has 0 bridgehead atoms. The van der Waals surface area contributed by atoms with Gasteiger partial charge in [-0.2, -0.15) is 11.8 Å². The third kappa shape index (κ3) is 4.01. The van der Waals surface area contributed by atoms with E-state index in [4.69, 9.17) is 14.2 Å². The fourth-order valence-electron chi connectivity index (χ4n) is 6.94. The van der Waals surface area contributed by atoms with Crippen molar-refractivity contribution in [2.24, 2.45) is 28.6 Å². The van der Waals surface area contributed by atoms with E-state index in [0.717, 1.165) is 11.5 Å². The lowest BCUT2D eigenvalue weighted by Crippen LogP contribution is -2.66. The summed E-state index contributed by atoms with van der Waals surface area (Å²) in [7, 11) is 1.30. The number of thioether (sulfide) groups is 1. The number of methoxy groups -OCH3 is 1. The Morgan fingerprint density at radius 1 is 1.12 bits per heavy atom. The Labute approximate surface area is 203 Å². The number of amides is 1. The predicted octanol–water partition coefficient (Wildman–Crippen LogP) is 1.61. The van der Waals surface area contributed by atoms with Crippen molar-refractivity contribution in [1.29, 1.82) is 0 Å². The number of Topliss-reactive ketones (excluding diaryl/α,β-unsaturated/α-hetero) is 1. The summed E-state index contributed by atoms with van der Waals surface area (Å²) in [4.78, 5) is 66.6. The van der Waals surface area contributed by atoms with Gasteiger partial charge >= 0.3 is 17.9 Å². The SMILES string of the molecule is COC(=O)[C@@H]1C[C@H](OC(C)=O)C(=O)[C@H]2[C@@]1(C)CC[C@H]1C(=O)O[C@H](C(=O)N3CCSCC3)C[C@]21C. The van der Waals surface area contributed by atoms with Gasteiger partial charge in [0.25, 0.3) is 5.91 Å². The number of hydrogen-bond acceptors (Lipinski definition) is 9. The fraction of sp³-hybridized carbons (Fsp3) is 0.792. The molecule has 9 nitrogen and oxygen atoms in total. The molecule has 2 aliphatic carbocycles. The maximum atomic E-state index is 13.8. The average Bonchev–Trinajstić information content (AvgIpc) is 2.79. The van der Waals surface area contributed by atoms with E-state index < -0.39 is 58.7 Å². The maximum absolute atomic E-state index is 13.8. The topological polar surface area (TPSA) is 116 Å². The maximum Gasteiger partial charge on any atom is 0.310 e. The smallest absolute Gasteiger partial charge is 0.310 e. The molecule has 7 atom stereocenters. The number of cyclic esters (lactones) is 1. The number of ether oxygens (including phenoxy) is 3. The van der Waals surface area contributed by atoms with Gasteiger partial charge in [0, 0.05) is 50.3 Å². The first-order valence-electron chi connectivity index (χ1n) is 11.9. The molecule has 0 aromatic heterocycles. The zero-order valence-corrected chi connectivity index (χ0v) is 21.0. The van der Waals surface area contributed by atoms with Gasteiger partial charge in [-0.05, 0) is 23.7 Å². The molecule has 4 rings (SSSR count). The van der Waals surface area contributed by atoms with Crippen molar-refractivity contribution < 1.29 is 38.2 Å². The third-order valence-electron chi connectivity index (χ3n) is 8.49. The lowest BCUT2D eigenvalue weighted by atomic mass is 9.43. The Morgan fingerprint density at radius 2 is 1.79 bits per heavy atom. The van der Waals surface area contributed by atoms with E-state index in [-0.39, 0.29) is 24.5 Å². The second-order valence-corrected chi connectivity index (χ2v) is 11.6. The Hall–Kier alpha value is -2.10. The van der Waals surface area contributed by atoms with Crippen molar-refractivity contribution in [3.63, 3.8) is 0 Å². The first-order chi connectivity index (χ1) is 16.0. The standard InChI is InChI=1S/C24H33NO8S/c1-13(26)32-16-11-15(21(29)31-4)23(2)6-5-14-22(30)33-17(12-24(14,3)19(23)18(16)27)20(28)25-7-9-34-10-8-25/h14-17,19H,5-12H2,1-4H3/t14-,15-,16-,17-,19-,23-,24-/m0/s1. The molecule has 0 aromatic rings. The van der Waals surface area contributed by atoms with Gasteiger partial charge < -0.3 is 19.1 Å². The van der Waals surface area contributed by atoms with Gasteiger partial charge in [0.2, 0.25) is 0 Å². The van der Waals surface area contributed by atoms with Gasteiger partial charge in [-0.15, -0.1) is 0 Å². The molecular formula is C24H33NO8S. The number of ketones is 1. The zero-order chi connectivity index (χ0) is 24.8. The number of esters is 3. The first kappa shape index (κ1) is 25.0. The van der Waals surface area contributed by atoms with E-state index >= 15 is 0 Å². The van der Waals surface area contributed by atoms with Gasteiger partial charge in [0.1, 0.15) is 0 Å². The van der Waals surface area contributed by atoms with Gasteiger partial charge in [-0.1, -0.05) is 13.8 Å². The number of fused-ring (bicyclic) bond motifs is 3. The molecule has 10 heteroatoms. The van der Waals surface area contributed by atoms with Crippen molar-refractivity contribution in [2.75, 3.05) is 31.7 Å². The number of carbonyl (C=O) groups is 5. The minimum atomic E-state index is -1.10. The van der Waals surface area contributed by atoms with Gasteiger partial charge in [0.15, 0.2) is 18.0 Å². The molecule has 34 heavy (non-hydrogen) atoms. The molecule has 2 heterocycles. The molecule has 1 amide bonds. The summed E-state index contributed by atoms with van der Waals surface area (Å²) in [5.41, 5.74) is -1.71. The lowest BCUT2D eigenvalue weighted by molar-refractivity contribution is -0.211. The van der Waals surface area contributed by atoms with Gasteiger partial charge in [-0.25, -0.2) is 0 Å². The van der Waals surface area contributed by atoms with Crippen molar-refractivity contribution in [2.45, 2.75) is 58.7 Å². The van der Waals surface area contributed by atoms with Crippen molar-refractivity contribution in [1.82, 2.24) is 4.90 Å². The van der Waals surface area contributed by atoms with Crippen LogP contribution < -0.4 is 0 Å². The zero-order valence-electron chi connectivity index (χ0n) is 20.2. The molecule has 0 N–H and O–H groups in total. The first-order valence-corrected chi connectivity index (χ1v) is 13.0. The van der Waals surface area contributed by atoms with Crippen LogP contribution in [0.5, 0.6) is 0 Å². The summed E-state index contributed by atoms with van der Waals surface area (Å²) < 4.78 is 16.1. The molecule has 4 aliphatic rings. The number of carbonyl (C=O) groups excluding carboxylic acids is 5. The number of nitrogens with zero attached hydrogens (tertiary/aromatic N) is 1. The second kappa shape index (κ2) is 9.17. The van der Waals surface area contributed by atoms with Crippen LogP contribution in [0.3, 0.4) is 0 Å². The Morgan fingerprint density at radius 3 is 2.41 bits per heavy atom. The monoisotopic (exact) mass is 495 g/mol. The number of rotatable bonds is 3. The van der Waals surface area contributed by atoms with Crippen molar-refractivity contribution >= 4 is 41.4 Å². The fourth-order valence-corrected chi connectivity index (χ4v) is 7.85. The molecule has 4 fully saturated rings. The minimum absolute atomic E-state index is 0.0527. The van der Waals surface area contributed by atoms with E-state index in [1.54, 1.807) is 16.7 Å². The molecule has 188 valence electrons. The van der Waals surface area contributed by atoms with Crippen molar-refractivity contribution in [3.05, 3.63) is 0 Å². The summed E-state index contributed by atoms with van der Waals surface area (Å²) in [6, 6.07) is 0. The Kier molecular flexibility index (Phi) is 6.74. The summed E-state index contributed by atoms with van der Waals surface area (Å²) in [5.74, 6) is -2.42. The molecule has 0 unspecified atom stereocenters. The molecule has 0 aromatic carbocycles. The van der Waals surface area contributed by atoms with E-state index in [1.165, 1.54) is 14.0 Å². The minimum Gasteiger partial charge on any atom is -0.469 e. The molecule has 0 radical (unpaired) electrons. The summed E-state index contributed by atoms with van der Waals surface area (Å²) in [6.45, 7) is 6.16. The van der Waals surface area contributed by atoms with E-state index in [2.05, 4.69) is 0 Å². The van der Waals surface area contributed by atoms with Crippen LogP contribution in [-0.4, -0.2) is 78.4 Å². The van der Waals surface area contributed by atoms with Crippen LogP contribution in [-0.2, 0) is 38.2 Å². The largest absolute Gasteiger partial charge is 0.469 e. The highest BCUT2D eigenvalue weighted by atomic mass is 32.2. The lowest BCUT2D eigenvalue weighted by Gasteiger charge is -2.60. The molecule has 2 aliphatic heterocycles. The van der Waals surface area contributed by atoms with Crippen LogP contribution in [0.2, 0.25) is 0 Å². The average molecular weight is 496 g/mol. The van der Waals surface area contributed by atoms with Crippen molar-refractivity contribution in [3.8, 4) is 0 Å².